The van der Waals surface area contributed by atoms with Gasteiger partial charge in [-0.1, -0.05) is 0 Å². The number of hydrogen-bond acceptors (Lipinski definition) is 5. The first-order chi connectivity index (χ1) is 12.6. The van der Waals surface area contributed by atoms with Crippen LogP contribution in [0.15, 0.2) is 24.8 Å². The minimum absolute atomic E-state index is 0.111. The van der Waals surface area contributed by atoms with Gasteiger partial charge in [0, 0.05) is 11.6 Å². The third-order valence-electron chi connectivity index (χ3n) is 5.14. The molecule has 1 aromatic carbocycles. The quantitative estimate of drug-likeness (QED) is 0.590. The second-order valence-electron chi connectivity index (χ2n) is 6.81. The summed E-state index contributed by atoms with van der Waals surface area (Å²) in [5.41, 5.74) is 3.90. The third-order valence-corrected chi connectivity index (χ3v) is 5.14. The number of halogens is 1. The lowest BCUT2D eigenvalue weighted by atomic mass is 9.99. The Morgan fingerprint density at radius 2 is 2.19 bits per heavy atom. The van der Waals surface area contributed by atoms with Crippen molar-refractivity contribution < 1.29 is 4.39 Å². The number of anilines is 1. The minimum Gasteiger partial charge on any atom is -0.358 e. The summed E-state index contributed by atoms with van der Waals surface area (Å²) in [5, 5.41) is 3.40. The molecule has 2 N–H and O–H groups in total. The van der Waals surface area contributed by atoms with Gasteiger partial charge >= 0.3 is 0 Å². The van der Waals surface area contributed by atoms with Gasteiger partial charge in [-0.25, -0.2) is 24.3 Å². The lowest BCUT2D eigenvalue weighted by molar-refractivity contribution is 0.466. The maximum absolute atomic E-state index is 14.3. The van der Waals surface area contributed by atoms with Crippen molar-refractivity contribution >= 4 is 28.0 Å². The number of H-pyrrole nitrogens is 1. The van der Waals surface area contributed by atoms with Crippen molar-refractivity contribution in [2.24, 2.45) is 0 Å². The Bertz CT molecular complexity index is 1130. The lowest BCUT2D eigenvalue weighted by Gasteiger charge is -2.26. The fraction of sp³-hybridized carbons (Fsp3) is 0.333. The van der Waals surface area contributed by atoms with Gasteiger partial charge in [-0.15, -0.1) is 0 Å². The van der Waals surface area contributed by atoms with Gasteiger partial charge in [0.15, 0.2) is 11.5 Å². The van der Waals surface area contributed by atoms with Gasteiger partial charge in [0.05, 0.1) is 23.4 Å². The molecule has 8 heteroatoms. The van der Waals surface area contributed by atoms with Gasteiger partial charge in [0.1, 0.15) is 23.5 Å². The van der Waals surface area contributed by atoms with E-state index in [1.54, 1.807) is 12.4 Å². The molecule has 0 saturated carbocycles. The van der Waals surface area contributed by atoms with Gasteiger partial charge in [0.25, 0.3) is 0 Å². The minimum atomic E-state index is -0.146. The van der Waals surface area contributed by atoms with E-state index >= 15 is 0 Å². The number of imidazole rings is 2. The van der Waals surface area contributed by atoms with Gasteiger partial charge in [-0.3, -0.25) is 0 Å². The van der Waals surface area contributed by atoms with Crippen LogP contribution in [-0.2, 0) is 6.42 Å². The van der Waals surface area contributed by atoms with Crippen LogP contribution in [0.2, 0.25) is 0 Å². The summed E-state index contributed by atoms with van der Waals surface area (Å²) >= 11 is 0. The molecule has 7 nitrogen and oxygen atoms in total. The van der Waals surface area contributed by atoms with E-state index in [1.165, 1.54) is 12.4 Å². The summed E-state index contributed by atoms with van der Waals surface area (Å²) in [6, 6.07) is 3.44. The number of nitrogens with one attached hydrogen (secondary N) is 2. The van der Waals surface area contributed by atoms with Gasteiger partial charge in [-0.2, -0.15) is 0 Å². The summed E-state index contributed by atoms with van der Waals surface area (Å²) in [4.78, 5) is 20.5. The number of aryl methyl sites for hydroxylation is 1. The van der Waals surface area contributed by atoms with Crippen molar-refractivity contribution in [1.82, 2.24) is 29.5 Å². The summed E-state index contributed by atoms with van der Waals surface area (Å²) < 4.78 is 16.4. The Kier molecular flexibility index (Phi) is 3.22. The molecule has 0 aliphatic carbocycles. The predicted octanol–water partition coefficient (Wildman–Crippen LogP) is 3.52. The molecule has 0 radical (unpaired) electrons. The molecular weight excluding hydrogens is 333 g/mol. The van der Waals surface area contributed by atoms with E-state index < -0.39 is 0 Å². The molecule has 0 amide bonds. The molecule has 3 aromatic heterocycles. The molecule has 0 spiro atoms. The van der Waals surface area contributed by atoms with E-state index in [0.717, 1.165) is 40.8 Å². The van der Waals surface area contributed by atoms with E-state index in [-0.39, 0.29) is 17.9 Å². The zero-order valence-corrected chi connectivity index (χ0v) is 14.5. The fourth-order valence-corrected chi connectivity index (χ4v) is 3.87. The molecule has 4 heterocycles. The second kappa shape index (κ2) is 5.48. The number of nitrogens with zero attached hydrogens (tertiary/aromatic N) is 5. The number of hydrogen-bond donors (Lipinski definition) is 2. The largest absolute Gasteiger partial charge is 0.358 e. The van der Waals surface area contributed by atoms with Crippen molar-refractivity contribution in [3.8, 4) is 0 Å². The fourth-order valence-electron chi connectivity index (χ4n) is 3.87. The van der Waals surface area contributed by atoms with Gasteiger partial charge < -0.3 is 14.9 Å². The number of aromatic nitrogens is 6. The van der Waals surface area contributed by atoms with E-state index in [2.05, 4.69) is 36.7 Å². The van der Waals surface area contributed by atoms with Crippen molar-refractivity contribution in [1.29, 1.82) is 0 Å². The Balaban J connectivity index is 1.62. The summed E-state index contributed by atoms with van der Waals surface area (Å²) in [6.45, 7) is 4.19. The highest BCUT2D eigenvalue weighted by Gasteiger charge is 2.27. The van der Waals surface area contributed by atoms with Gasteiger partial charge in [0.2, 0.25) is 0 Å². The van der Waals surface area contributed by atoms with E-state index in [1.807, 2.05) is 6.92 Å². The Labute approximate surface area is 148 Å². The summed E-state index contributed by atoms with van der Waals surface area (Å²) in [7, 11) is 0. The first-order valence-electron chi connectivity index (χ1n) is 8.73. The zero-order chi connectivity index (χ0) is 17.8. The van der Waals surface area contributed by atoms with Crippen molar-refractivity contribution in [2.75, 3.05) is 5.32 Å². The Morgan fingerprint density at radius 1 is 1.31 bits per heavy atom. The average molecular weight is 351 g/mol. The molecule has 0 saturated heterocycles. The van der Waals surface area contributed by atoms with E-state index in [9.17, 15) is 4.39 Å². The first kappa shape index (κ1) is 15.2. The molecule has 132 valence electrons. The van der Waals surface area contributed by atoms with Crippen LogP contribution in [0.25, 0.3) is 22.2 Å². The molecule has 0 bridgehead atoms. The van der Waals surface area contributed by atoms with Crippen LogP contribution in [0, 0.1) is 5.82 Å². The van der Waals surface area contributed by atoms with Crippen LogP contribution in [0.3, 0.4) is 0 Å². The zero-order valence-electron chi connectivity index (χ0n) is 14.5. The normalized spacial score (nSPS) is 17.7. The first-order valence-corrected chi connectivity index (χ1v) is 8.73. The highest BCUT2D eigenvalue weighted by atomic mass is 19.1. The van der Waals surface area contributed by atoms with Crippen LogP contribution in [0.1, 0.15) is 43.7 Å². The molecule has 1 aliphatic rings. The molecule has 4 aromatic rings. The van der Waals surface area contributed by atoms with E-state index in [0.29, 0.717) is 11.5 Å². The topological polar surface area (TPSA) is 84.3 Å². The van der Waals surface area contributed by atoms with Crippen molar-refractivity contribution in [3.63, 3.8) is 0 Å². The molecule has 5 rings (SSSR count). The van der Waals surface area contributed by atoms with Crippen LogP contribution in [0.4, 0.5) is 10.2 Å². The van der Waals surface area contributed by atoms with Crippen molar-refractivity contribution in [2.45, 2.75) is 38.8 Å². The monoisotopic (exact) mass is 351 g/mol. The van der Waals surface area contributed by atoms with Crippen LogP contribution in [0.5, 0.6) is 0 Å². The maximum Gasteiger partial charge on any atom is 0.182 e. The number of benzene rings is 1. The lowest BCUT2D eigenvalue weighted by Crippen LogP contribution is -2.20. The smallest absolute Gasteiger partial charge is 0.182 e. The third kappa shape index (κ3) is 2.11. The number of aromatic amines is 1. The van der Waals surface area contributed by atoms with Crippen LogP contribution in [-0.4, -0.2) is 29.5 Å². The molecular formula is C18H18FN7. The Hall–Kier alpha value is -3.03. The van der Waals surface area contributed by atoms with Crippen LogP contribution >= 0.6 is 0 Å². The molecule has 26 heavy (non-hydrogen) atoms. The molecule has 0 fully saturated rings. The number of fused-ring (bicyclic) bond motifs is 1. The second-order valence-corrected chi connectivity index (χ2v) is 6.81. The SMILES string of the molecule is CC1CCc2c(F)ccc3nc([C@H](C)Nc4ncnc5nc[nH]c45)n1c23. The van der Waals surface area contributed by atoms with Gasteiger partial charge in [-0.05, 0) is 38.8 Å². The van der Waals surface area contributed by atoms with Crippen LogP contribution < -0.4 is 5.32 Å². The average Bonchev–Trinajstić information content (AvgIpc) is 3.26. The predicted molar refractivity (Wildman–Crippen MR) is 96.4 cm³/mol. The summed E-state index contributed by atoms with van der Waals surface area (Å²) in [5.74, 6) is 1.41. The standard InChI is InChI=1S/C18H18FN7/c1-9-3-4-11-12(19)5-6-13-15(11)26(9)18(25-13)10(2)24-17-14-16(21-7-20-14)22-8-23-17/h5-10H,3-4H2,1-2H3,(H2,20,21,22,23,24)/t9?,10-/m0/s1. The molecule has 1 aliphatic heterocycles. The summed E-state index contributed by atoms with van der Waals surface area (Å²) in [6.07, 6.45) is 4.73. The van der Waals surface area contributed by atoms with Crippen molar-refractivity contribution in [3.05, 3.63) is 42.0 Å². The maximum atomic E-state index is 14.3. The molecule has 2 atom stereocenters. The van der Waals surface area contributed by atoms with E-state index in [4.69, 9.17) is 4.98 Å². The number of rotatable bonds is 3. The Morgan fingerprint density at radius 3 is 3.08 bits per heavy atom. The molecule has 1 unspecified atom stereocenters. The highest BCUT2D eigenvalue weighted by Crippen LogP contribution is 2.36. The highest BCUT2D eigenvalue weighted by molar-refractivity contribution is 5.83.